The van der Waals surface area contributed by atoms with Gasteiger partial charge in [0.15, 0.2) is 0 Å². The van der Waals surface area contributed by atoms with Gasteiger partial charge in [-0.3, -0.25) is 4.79 Å². The maximum Gasteiger partial charge on any atom is 0.222 e. The first-order valence-corrected chi connectivity index (χ1v) is 6.32. The zero-order chi connectivity index (χ0) is 13.1. The van der Waals surface area contributed by atoms with Gasteiger partial charge in [-0.25, -0.2) is 0 Å². The van der Waals surface area contributed by atoms with E-state index in [0.29, 0.717) is 19.4 Å². The fourth-order valence-electron chi connectivity index (χ4n) is 1.53. The molecule has 0 unspecified atom stereocenters. The van der Waals surface area contributed by atoms with Gasteiger partial charge in [-0.15, -0.1) is 0 Å². The monoisotopic (exact) mass is 243 g/mol. The number of hydrogen-bond acceptors (Lipinski definition) is 3. The van der Waals surface area contributed by atoms with E-state index >= 15 is 0 Å². The summed E-state index contributed by atoms with van der Waals surface area (Å²) < 4.78 is 0. The second-order valence-corrected chi connectivity index (χ2v) is 4.32. The number of unbranched alkanes of at least 4 members (excludes halogenated alkanes) is 4. The minimum Gasteiger partial charge on any atom is -0.409 e. The van der Waals surface area contributed by atoms with Crippen LogP contribution in [0.4, 0.5) is 0 Å². The summed E-state index contributed by atoms with van der Waals surface area (Å²) in [7, 11) is 1.75. The summed E-state index contributed by atoms with van der Waals surface area (Å²) in [4.78, 5) is 13.3. The van der Waals surface area contributed by atoms with E-state index in [-0.39, 0.29) is 11.7 Å². The van der Waals surface area contributed by atoms with Crippen molar-refractivity contribution in [2.45, 2.75) is 51.9 Å². The van der Waals surface area contributed by atoms with Crippen molar-refractivity contribution in [3.8, 4) is 0 Å². The molecule has 0 heterocycles. The molecule has 3 N–H and O–H groups in total. The average molecular weight is 243 g/mol. The number of nitrogens with zero attached hydrogens (tertiary/aromatic N) is 2. The Morgan fingerprint density at radius 3 is 2.47 bits per heavy atom. The molecule has 0 aliphatic heterocycles. The predicted octanol–water partition coefficient (Wildman–Crippen LogP) is 1.94. The molecule has 0 spiro atoms. The van der Waals surface area contributed by atoms with Crippen LogP contribution in [0.1, 0.15) is 51.9 Å². The average Bonchev–Trinajstić information content (AvgIpc) is 2.34. The topological polar surface area (TPSA) is 78.9 Å². The molecule has 0 atom stereocenters. The molecule has 0 bridgehead atoms. The Morgan fingerprint density at radius 2 is 1.88 bits per heavy atom. The lowest BCUT2D eigenvalue weighted by Gasteiger charge is -2.16. The number of carbonyl (C=O) groups excluding carboxylic acids is 1. The molecular weight excluding hydrogens is 218 g/mol. The lowest BCUT2D eigenvalue weighted by atomic mass is 10.1. The van der Waals surface area contributed by atoms with Crippen LogP contribution in [0, 0.1) is 0 Å². The van der Waals surface area contributed by atoms with Crippen molar-refractivity contribution in [1.29, 1.82) is 0 Å². The molecule has 17 heavy (non-hydrogen) atoms. The summed E-state index contributed by atoms with van der Waals surface area (Å²) >= 11 is 0. The zero-order valence-electron chi connectivity index (χ0n) is 11.0. The number of amides is 1. The molecule has 0 aromatic carbocycles. The van der Waals surface area contributed by atoms with Crippen molar-refractivity contribution in [1.82, 2.24) is 4.90 Å². The lowest BCUT2D eigenvalue weighted by Crippen LogP contribution is -2.30. The standard InChI is InChI=1S/C12H25N3O2/c1-3-4-5-6-7-8-12(16)15(2)10-9-11(13)14-17/h17H,3-10H2,1-2H3,(H2,13,14). The first-order chi connectivity index (χ1) is 8.11. The van der Waals surface area contributed by atoms with Crippen molar-refractivity contribution in [2.75, 3.05) is 13.6 Å². The molecule has 5 heteroatoms. The summed E-state index contributed by atoms with van der Waals surface area (Å²) in [6, 6.07) is 0. The Hall–Kier alpha value is -1.26. The van der Waals surface area contributed by atoms with Crippen molar-refractivity contribution in [2.24, 2.45) is 10.9 Å². The molecule has 0 aliphatic carbocycles. The third-order valence-corrected chi connectivity index (χ3v) is 2.75. The maximum atomic E-state index is 11.7. The van der Waals surface area contributed by atoms with E-state index in [1.807, 2.05) is 0 Å². The van der Waals surface area contributed by atoms with Gasteiger partial charge in [-0.1, -0.05) is 37.8 Å². The lowest BCUT2D eigenvalue weighted by molar-refractivity contribution is -0.129. The molecule has 0 aromatic heterocycles. The molecule has 100 valence electrons. The van der Waals surface area contributed by atoms with Gasteiger partial charge in [0.05, 0.1) is 0 Å². The van der Waals surface area contributed by atoms with Crippen LogP contribution in [-0.2, 0) is 4.79 Å². The Balaban J connectivity index is 3.60. The van der Waals surface area contributed by atoms with E-state index in [4.69, 9.17) is 10.9 Å². The molecule has 0 radical (unpaired) electrons. The van der Waals surface area contributed by atoms with Gasteiger partial charge in [-0.05, 0) is 6.42 Å². The fraction of sp³-hybridized carbons (Fsp3) is 0.833. The number of amidine groups is 1. The van der Waals surface area contributed by atoms with Gasteiger partial charge < -0.3 is 15.8 Å². The summed E-state index contributed by atoms with van der Waals surface area (Å²) in [5.41, 5.74) is 5.34. The molecule has 0 saturated heterocycles. The van der Waals surface area contributed by atoms with Crippen LogP contribution in [0.15, 0.2) is 5.16 Å². The Kier molecular flexibility index (Phi) is 9.19. The van der Waals surface area contributed by atoms with Crippen LogP contribution in [0.5, 0.6) is 0 Å². The quantitative estimate of drug-likeness (QED) is 0.213. The minimum atomic E-state index is 0.132. The smallest absolute Gasteiger partial charge is 0.222 e. The number of rotatable bonds is 9. The fourth-order valence-corrected chi connectivity index (χ4v) is 1.53. The molecule has 0 fully saturated rings. The molecule has 5 nitrogen and oxygen atoms in total. The minimum absolute atomic E-state index is 0.132. The van der Waals surface area contributed by atoms with Crippen molar-refractivity contribution in [3.63, 3.8) is 0 Å². The Morgan fingerprint density at radius 1 is 1.24 bits per heavy atom. The summed E-state index contributed by atoms with van der Waals surface area (Å²) in [5, 5.41) is 11.2. The summed E-state index contributed by atoms with van der Waals surface area (Å²) in [5.74, 6) is 0.292. The summed E-state index contributed by atoms with van der Waals surface area (Å²) in [6.07, 6.45) is 6.74. The molecule has 0 saturated carbocycles. The zero-order valence-corrected chi connectivity index (χ0v) is 11.0. The van der Waals surface area contributed by atoms with Gasteiger partial charge >= 0.3 is 0 Å². The number of hydrogen-bond donors (Lipinski definition) is 2. The highest BCUT2D eigenvalue weighted by Gasteiger charge is 2.08. The Bertz CT molecular complexity index is 242. The normalized spacial score (nSPS) is 11.5. The van der Waals surface area contributed by atoms with Gasteiger partial charge in [-0.2, -0.15) is 0 Å². The largest absolute Gasteiger partial charge is 0.409 e. The van der Waals surface area contributed by atoms with Gasteiger partial charge in [0.2, 0.25) is 5.91 Å². The molecule has 0 aromatic rings. The van der Waals surface area contributed by atoms with Gasteiger partial charge in [0.25, 0.3) is 0 Å². The third-order valence-electron chi connectivity index (χ3n) is 2.75. The predicted molar refractivity (Wildman–Crippen MR) is 69.0 cm³/mol. The molecule has 0 aliphatic rings. The second kappa shape index (κ2) is 9.93. The van der Waals surface area contributed by atoms with E-state index in [0.717, 1.165) is 12.8 Å². The van der Waals surface area contributed by atoms with Crippen LogP contribution in [-0.4, -0.2) is 35.4 Å². The van der Waals surface area contributed by atoms with Crippen LogP contribution in [0.2, 0.25) is 0 Å². The Labute approximate surface area is 104 Å². The van der Waals surface area contributed by atoms with E-state index in [1.165, 1.54) is 19.3 Å². The first-order valence-electron chi connectivity index (χ1n) is 6.32. The van der Waals surface area contributed by atoms with Crippen LogP contribution in [0.3, 0.4) is 0 Å². The highest BCUT2D eigenvalue weighted by Crippen LogP contribution is 2.06. The third kappa shape index (κ3) is 8.54. The highest BCUT2D eigenvalue weighted by atomic mass is 16.4. The maximum absolute atomic E-state index is 11.7. The molecular formula is C12H25N3O2. The van der Waals surface area contributed by atoms with Gasteiger partial charge in [0.1, 0.15) is 5.84 Å². The number of oxime groups is 1. The van der Waals surface area contributed by atoms with E-state index < -0.39 is 0 Å². The van der Waals surface area contributed by atoms with E-state index in [1.54, 1.807) is 11.9 Å². The second-order valence-electron chi connectivity index (χ2n) is 4.32. The van der Waals surface area contributed by atoms with Crippen molar-refractivity contribution < 1.29 is 10.0 Å². The summed E-state index contributed by atoms with van der Waals surface area (Å²) in [6.45, 7) is 2.68. The first kappa shape index (κ1) is 15.7. The van der Waals surface area contributed by atoms with Crippen LogP contribution >= 0.6 is 0 Å². The van der Waals surface area contributed by atoms with Crippen LogP contribution < -0.4 is 5.73 Å². The van der Waals surface area contributed by atoms with Crippen molar-refractivity contribution >= 4 is 11.7 Å². The van der Waals surface area contributed by atoms with E-state index in [9.17, 15) is 4.79 Å². The molecule has 1 amide bonds. The van der Waals surface area contributed by atoms with Crippen LogP contribution in [0.25, 0.3) is 0 Å². The molecule has 0 rings (SSSR count). The number of nitrogens with two attached hydrogens (primary N) is 1. The van der Waals surface area contributed by atoms with Gasteiger partial charge in [0, 0.05) is 26.4 Å². The highest BCUT2D eigenvalue weighted by molar-refractivity contribution is 5.81. The van der Waals surface area contributed by atoms with Crippen molar-refractivity contribution in [3.05, 3.63) is 0 Å². The van der Waals surface area contributed by atoms with E-state index in [2.05, 4.69) is 12.1 Å². The SMILES string of the molecule is CCCCCCCC(=O)N(C)CC/C(N)=N/O. The number of carbonyl (C=O) groups is 1.